The van der Waals surface area contributed by atoms with Crippen molar-refractivity contribution < 1.29 is 9.59 Å². The minimum atomic E-state index is 0. The number of carbonyl (C=O) groups is 2. The van der Waals surface area contributed by atoms with Crippen LogP contribution < -0.4 is 16.0 Å². The molecule has 0 saturated carbocycles. The van der Waals surface area contributed by atoms with Gasteiger partial charge in [-0.15, -0.1) is 12.4 Å². The Hall–Kier alpha value is -1.59. The zero-order valence-electron chi connectivity index (χ0n) is 12.2. The first-order chi connectivity index (χ1) is 9.69. The Kier molecular flexibility index (Phi) is 7.19. The van der Waals surface area contributed by atoms with E-state index >= 15 is 0 Å². The second-order valence-electron chi connectivity index (χ2n) is 5.02. The van der Waals surface area contributed by atoms with Crippen molar-refractivity contribution >= 4 is 29.9 Å². The number of likely N-dealkylation sites (N-methyl/N-ethyl adjacent to an activating group) is 1. The van der Waals surface area contributed by atoms with Gasteiger partial charge in [0, 0.05) is 25.2 Å². The average molecular weight is 312 g/mol. The lowest BCUT2D eigenvalue weighted by Crippen LogP contribution is -2.30. The van der Waals surface area contributed by atoms with E-state index in [1.165, 1.54) is 5.56 Å². The third-order valence-electron chi connectivity index (χ3n) is 3.36. The molecule has 0 aromatic heterocycles. The molecule has 0 spiro atoms. The highest BCUT2D eigenvalue weighted by atomic mass is 35.5. The number of rotatable bonds is 7. The molecule has 0 saturated heterocycles. The molecule has 0 fully saturated rings. The highest BCUT2D eigenvalue weighted by molar-refractivity contribution is 5.99. The van der Waals surface area contributed by atoms with Crippen molar-refractivity contribution in [3.05, 3.63) is 29.3 Å². The molecule has 21 heavy (non-hydrogen) atoms. The van der Waals surface area contributed by atoms with E-state index < -0.39 is 0 Å². The predicted octanol–water partition coefficient (Wildman–Crippen LogP) is 1.26. The minimum absolute atomic E-state index is 0. The van der Waals surface area contributed by atoms with Gasteiger partial charge < -0.3 is 16.0 Å². The lowest BCUT2D eigenvalue weighted by Gasteiger charge is -2.06. The van der Waals surface area contributed by atoms with Crippen LogP contribution in [0, 0.1) is 0 Å². The van der Waals surface area contributed by atoms with Crippen LogP contribution >= 0.6 is 12.4 Å². The molecule has 0 unspecified atom stereocenters. The first-order valence-electron chi connectivity index (χ1n) is 7.02. The van der Waals surface area contributed by atoms with Crippen molar-refractivity contribution in [2.24, 2.45) is 0 Å². The molecule has 3 N–H and O–H groups in total. The lowest BCUT2D eigenvalue weighted by atomic mass is 10.0. The molecule has 1 aliphatic heterocycles. The largest absolute Gasteiger partial charge is 0.355 e. The van der Waals surface area contributed by atoms with Gasteiger partial charge in [0.25, 0.3) is 0 Å². The maximum absolute atomic E-state index is 11.5. The standard InChI is InChI=1S/C15H21N3O2.ClH/c1-16-7-8-17-14(19)4-2-3-11-5-6-13-12(9-11)10-15(20)18-13;/h5-6,9,16H,2-4,7-8,10H2,1H3,(H,17,19)(H,18,20);1H. The van der Waals surface area contributed by atoms with Gasteiger partial charge in [0.1, 0.15) is 0 Å². The summed E-state index contributed by atoms with van der Waals surface area (Å²) in [6.07, 6.45) is 2.69. The summed E-state index contributed by atoms with van der Waals surface area (Å²) in [6, 6.07) is 6.03. The summed E-state index contributed by atoms with van der Waals surface area (Å²) in [5, 5.41) is 8.66. The summed E-state index contributed by atoms with van der Waals surface area (Å²) in [5.74, 6) is 0.152. The monoisotopic (exact) mass is 311 g/mol. The van der Waals surface area contributed by atoms with Gasteiger partial charge >= 0.3 is 0 Å². The van der Waals surface area contributed by atoms with E-state index in [1.54, 1.807) is 0 Å². The quantitative estimate of drug-likeness (QED) is 0.664. The van der Waals surface area contributed by atoms with Gasteiger partial charge in [0.15, 0.2) is 0 Å². The number of amides is 2. The van der Waals surface area contributed by atoms with E-state index in [2.05, 4.69) is 22.0 Å². The number of carbonyl (C=O) groups excluding carboxylic acids is 2. The van der Waals surface area contributed by atoms with Crippen LogP contribution in [0.25, 0.3) is 0 Å². The van der Waals surface area contributed by atoms with Gasteiger partial charge in [-0.1, -0.05) is 12.1 Å². The summed E-state index contributed by atoms with van der Waals surface area (Å²) in [5.41, 5.74) is 3.16. The Morgan fingerprint density at radius 2 is 2.14 bits per heavy atom. The normalized spacial score (nSPS) is 12.3. The van der Waals surface area contributed by atoms with E-state index in [0.29, 0.717) is 19.4 Å². The Morgan fingerprint density at radius 3 is 2.90 bits per heavy atom. The summed E-state index contributed by atoms with van der Waals surface area (Å²) < 4.78 is 0. The number of nitrogens with one attached hydrogen (secondary N) is 3. The van der Waals surface area contributed by atoms with Gasteiger partial charge in [-0.3, -0.25) is 9.59 Å². The average Bonchev–Trinajstić information content (AvgIpc) is 2.78. The van der Waals surface area contributed by atoms with Crippen molar-refractivity contribution in [3.63, 3.8) is 0 Å². The van der Waals surface area contributed by atoms with Gasteiger partial charge in [-0.05, 0) is 37.1 Å². The van der Waals surface area contributed by atoms with Crippen LogP contribution in [0.4, 0.5) is 5.69 Å². The molecule has 116 valence electrons. The fourth-order valence-electron chi connectivity index (χ4n) is 2.31. The van der Waals surface area contributed by atoms with Crippen molar-refractivity contribution in [2.45, 2.75) is 25.7 Å². The van der Waals surface area contributed by atoms with E-state index in [1.807, 2.05) is 19.2 Å². The predicted molar refractivity (Wildman–Crippen MR) is 85.9 cm³/mol. The molecule has 2 amide bonds. The summed E-state index contributed by atoms with van der Waals surface area (Å²) in [7, 11) is 1.86. The molecule has 2 rings (SSSR count). The molecular weight excluding hydrogens is 290 g/mol. The molecule has 1 aromatic carbocycles. The number of hydrogen-bond acceptors (Lipinski definition) is 3. The van der Waals surface area contributed by atoms with E-state index in [0.717, 1.165) is 30.6 Å². The highest BCUT2D eigenvalue weighted by Crippen LogP contribution is 2.24. The fourth-order valence-corrected chi connectivity index (χ4v) is 2.31. The van der Waals surface area contributed by atoms with Crippen LogP contribution in [-0.4, -0.2) is 32.0 Å². The lowest BCUT2D eigenvalue weighted by molar-refractivity contribution is -0.121. The maximum atomic E-state index is 11.5. The highest BCUT2D eigenvalue weighted by Gasteiger charge is 2.17. The van der Waals surface area contributed by atoms with Crippen molar-refractivity contribution in [2.75, 3.05) is 25.5 Å². The number of halogens is 1. The molecule has 1 aromatic rings. The Bertz CT molecular complexity index is 506. The van der Waals surface area contributed by atoms with Crippen LogP contribution in [0.2, 0.25) is 0 Å². The number of aryl methyl sites for hydroxylation is 1. The van der Waals surface area contributed by atoms with E-state index in [9.17, 15) is 9.59 Å². The summed E-state index contributed by atoms with van der Waals surface area (Å²) in [6.45, 7) is 1.46. The first kappa shape index (κ1) is 17.5. The molecule has 0 aliphatic carbocycles. The van der Waals surface area contributed by atoms with Crippen LogP contribution in [-0.2, 0) is 22.4 Å². The van der Waals surface area contributed by atoms with E-state index in [4.69, 9.17) is 0 Å². The molecule has 0 radical (unpaired) electrons. The molecular formula is C15H22ClN3O2. The van der Waals surface area contributed by atoms with E-state index in [-0.39, 0.29) is 24.2 Å². The first-order valence-corrected chi connectivity index (χ1v) is 7.02. The SMILES string of the molecule is CNCCNC(=O)CCCc1ccc2c(c1)CC(=O)N2.Cl. The van der Waals surface area contributed by atoms with Crippen LogP contribution in [0.5, 0.6) is 0 Å². The Balaban J connectivity index is 0.00000220. The zero-order valence-corrected chi connectivity index (χ0v) is 13.0. The van der Waals surface area contributed by atoms with Crippen molar-refractivity contribution in [1.82, 2.24) is 10.6 Å². The van der Waals surface area contributed by atoms with Gasteiger partial charge in [0.05, 0.1) is 6.42 Å². The Morgan fingerprint density at radius 1 is 1.33 bits per heavy atom. The number of hydrogen-bond donors (Lipinski definition) is 3. The number of fused-ring (bicyclic) bond motifs is 1. The third-order valence-corrected chi connectivity index (χ3v) is 3.36. The molecule has 1 heterocycles. The van der Waals surface area contributed by atoms with Crippen LogP contribution in [0.15, 0.2) is 18.2 Å². The molecule has 0 atom stereocenters. The third kappa shape index (κ3) is 5.36. The van der Waals surface area contributed by atoms with Crippen LogP contribution in [0.1, 0.15) is 24.0 Å². The summed E-state index contributed by atoms with van der Waals surface area (Å²) in [4.78, 5) is 22.8. The minimum Gasteiger partial charge on any atom is -0.355 e. The number of benzene rings is 1. The molecule has 5 nitrogen and oxygen atoms in total. The molecule has 0 bridgehead atoms. The molecule has 1 aliphatic rings. The zero-order chi connectivity index (χ0) is 14.4. The van der Waals surface area contributed by atoms with Crippen molar-refractivity contribution in [3.8, 4) is 0 Å². The molecule has 6 heteroatoms. The summed E-state index contributed by atoms with van der Waals surface area (Å²) >= 11 is 0. The number of anilines is 1. The second kappa shape index (κ2) is 8.64. The smallest absolute Gasteiger partial charge is 0.228 e. The van der Waals surface area contributed by atoms with Gasteiger partial charge in [0.2, 0.25) is 11.8 Å². The maximum Gasteiger partial charge on any atom is 0.228 e. The topological polar surface area (TPSA) is 70.2 Å². The van der Waals surface area contributed by atoms with Gasteiger partial charge in [-0.2, -0.15) is 0 Å². The second-order valence-corrected chi connectivity index (χ2v) is 5.02. The Labute approximate surface area is 131 Å². The fraction of sp³-hybridized carbons (Fsp3) is 0.467. The van der Waals surface area contributed by atoms with Crippen molar-refractivity contribution in [1.29, 1.82) is 0 Å². The van der Waals surface area contributed by atoms with Crippen LogP contribution in [0.3, 0.4) is 0 Å². The van der Waals surface area contributed by atoms with Gasteiger partial charge in [-0.25, -0.2) is 0 Å².